The van der Waals surface area contributed by atoms with Gasteiger partial charge in [-0.3, -0.25) is 9.48 Å². The fraction of sp³-hybridized carbons (Fsp3) is 0.389. The van der Waals surface area contributed by atoms with Gasteiger partial charge in [0, 0.05) is 24.0 Å². The van der Waals surface area contributed by atoms with Crippen molar-refractivity contribution in [2.45, 2.75) is 40.7 Å². The smallest absolute Gasteiger partial charge is 0.268 e. The standard InChI is InChI=1S/C18H23N5O/c1-11-6-7-16-15(10-11)12(2)17(21-16)18(24)19-8-5-9-23-14(4)20-13(3)22-23/h6-7,10,21H,5,8-9H2,1-4H3,(H,19,24). The summed E-state index contributed by atoms with van der Waals surface area (Å²) in [5.74, 6) is 1.62. The molecule has 6 heteroatoms. The number of carbonyl (C=O) groups excluding carboxylic acids is 1. The van der Waals surface area contributed by atoms with Gasteiger partial charge in [-0.1, -0.05) is 11.6 Å². The lowest BCUT2D eigenvalue weighted by Crippen LogP contribution is -2.26. The Balaban J connectivity index is 1.61. The van der Waals surface area contributed by atoms with Crippen LogP contribution in [-0.4, -0.2) is 32.2 Å². The number of benzene rings is 1. The van der Waals surface area contributed by atoms with Crippen molar-refractivity contribution in [3.63, 3.8) is 0 Å². The number of hydrogen-bond acceptors (Lipinski definition) is 3. The number of aromatic nitrogens is 4. The Bertz CT molecular complexity index is 890. The molecule has 0 radical (unpaired) electrons. The minimum atomic E-state index is -0.0622. The maximum Gasteiger partial charge on any atom is 0.268 e. The summed E-state index contributed by atoms with van der Waals surface area (Å²) in [5, 5.41) is 8.41. The number of carbonyl (C=O) groups is 1. The van der Waals surface area contributed by atoms with E-state index in [0.29, 0.717) is 12.2 Å². The number of hydrogen-bond donors (Lipinski definition) is 2. The summed E-state index contributed by atoms with van der Waals surface area (Å²) in [6.07, 6.45) is 0.813. The molecule has 126 valence electrons. The third-order valence-corrected chi connectivity index (χ3v) is 4.24. The van der Waals surface area contributed by atoms with E-state index in [4.69, 9.17) is 0 Å². The first-order valence-electron chi connectivity index (χ1n) is 8.21. The molecule has 0 spiro atoms. The van der Waals surface area contributed by atoms with Crippen LogP contribution in [0.5, 0.6) is 0 Å². The number of nitrogens with one attached hydrogen (secondary N) is 2. The van der Waals surface area contributed by atoms with Gasteiger partial charge in [0.25, 0.3) is 5.91 Å². The lowest BCUT2D eigenvalue weighted by molar-refractivity contribution is 0.0948. The fourth-order valence-electron chi connectivity index (χ4n) is 2.96. The van der Waals surface area contributed by atoms with Crippen molar-refractivity contribution >= 4 is 16.8 Å². The molecule has 0 aliphatic carbocycles. The molecule has 0 aliphatic heterocycles. The molecule has 0 fully saturated rings. The molecule has 3 rings (SSSR count). The van der Waals surface area contributed by atoms with Gasteiger partial charge in [0.2, 0.25) is 0 Å². The van der Waals surface area contributed by atoms with E-state index in [1.165, 1.54) is 5.56 Å². The van der Waals surface area contributed by atoms with Crippen molar-refractivity contribution in [1.82, 2.24) is 25.1 Å². The highest BCUT2D eigenvalue weighted by atomic mass is 16.1. The van der Waals surface area contributed by atoms with Gasteiger partial charge in [0.15, 0.2) is 0 Å². The maximum absolute atomic E-state index is 12.4. The second-order valence-corrected chi connectivity index (χ2v) is 6.21. The molecule has 6 nitrogen and oxygen atoms in total. The van der Waals surface area contributed by atoms with E-state index >= 15 is 0 Å². The van der Waals surface area contributed by atoms with Crippen molar-refractivity contribution in [3.05, 3.63) is 46.7 Å². The molecule has 0 unspecified atom stereocenters. The van der Waals surface area contributed by atoms with E-state index in [1.54, 1.807) is 0 Å². The average Bonchev–Trinajstić information content (AvgIpc) is 3.03. The molecule has 1 amide bonds. The van der Waals surface area contributed by atoms with E-state index in [9.17, 15) is 4.79 Å². The molecular weight excluding hydrogens is 302 g/mol. The van der Waals surface area contributed by atoms with Gasteiger partial charge in [-0.2, -0.15) is 5.10 Å². The topological polar surface area (TPSA) is 75.6 Å². The zero-order valence-electron chi connectivity index (χ0n) is 14.6. The minimum Gasteiger partial charge on any atom is -0.351 e. The van der Waals surface area contributed by atoms with Crippen LogP contribution >= 0.6 is 0 Å². The van der Waals surface area contributed by atoms with E-state index in [0.717, 1.165) is 41.1 Å². The second kappa shape index (κ2) is 6.47. The molecule has 0 saturated heterocycles. The Kier molecular flexibility index (Phi) is 4.38. The first kappa shape index (κ1) is 16.2. The first-order chi connectivity index (χ1) is 11.5. The van der Waals surface area contributed by atoms with Gasteiger partial charge in [-0.15, -0.1) is 0 Å². The highest BCUT2D eigenvalue weighted by Crippen LogP contribution is 2.22. The molecule has 1 aromatic carbocycles. The zero-order valence-corrected chi connectivity index (χ0v) is 14.6. The average molecular weight is 325 g/mol. The van der Waals surface area contributed by atoms with Crippen LogP contribution in [0.2, 0.25) is 0 Å². The zero-order chi connectivity index (χ0) is 17.3. The minimum absolute atomic E-state index is 0.0622. The van der Waals surface area contributed by atoms with Gasteiger partial charge in [-0.05, 0) is 51.8 Å². The van der Waals surface area contributed by atoms with Crippen molar-refractivity contribution in [1.29, 1.82) is 0 Å². The SMILES string of the molecule is Cc1ccc2[nH]c(C(=O)NCCCn3nc(C)nc3C)c(C)c2c1. The summed E-state index contributed by atoms with van der Waals surface area (Å²) in [6, 6.07) is 6.17. The fourth-order valence-corrected chi connectivity index (χ4v) is 2.96. The summed E-state index contributed by atoms with van der Waals surface area (Å²) >= 11 is 0. The van der Waals surface area contributed by atoms with Gasteiger partial charge < -0.3 is 10.3 Å². The van der Waals surface area contributed by atoms with Gasteiger partial charge in [-0.25, -0.2) is 4.98 Å². The van der Waals surface area contributed by atoms with Crippen LogP contribution < -0.4 is 5.32 Å². The summed E-state index contributed by atoms with van der Waals surface area (Å²) in [7, 11) is 0. The predicted octanol–water partition coefficient (Wildman–Crippen LogP) is 2.81. The lowest BCUT2D eigenvalue weighted by atomic mass is 10.1. The molecule has 24 heavy (non-hydrogen) atoms. The number of aryl methyl sites for hydroxylation is 5. The Morgan fingerprint density at radius 1 is 1.25 bits per heavy atom. The Morgan fingerprint density at radius 2 is 2.04 bits per heavy atom. The summed E-state index contributed by atoms with van der Waals surface area (Å²) in [6.45, 7) is 9.21. The molecule has 3 aromatic rings. The van der Waals surface area contributed by atoms with E-state index in [-0.39, 0.29) is 5.91 Å². The monoisotopic (exact) mass is 325 g/mol. The van der Waals surface area contributed by atoms with Crippen molar-refractivity contribution in [2.75, 3.05) is 6.54 Å². The predicted molar refractivity (Wildman–Crippen MR) is 94.2 cm³/mol. The maximum atomic E-state index is 12.4. The third-order valence-electron chi connectivity index (χ3n) is 4.24. The number of H-pyrrole nitrogens is 1. The summed E-state index contributed by atoms with van der Waals surface area (Å²) < 4.78 is 1.87. The van der Waals surface area contributed by atoms with Gasteiger partial charge in [0.1, 0.15) is 17.3 Å². The number of rotatable bonds is 5. The Morgan fingerprint density at radius 3 is 2.75 bits per heavy atom. The largest absolute Gasteiger partial charge is 0.351 e. The summed E-state index contributed by atoms with van der Waals surface area (Å²) in [4.78, 5) is 19.9. The summed E-state index contributed by atoms with van der Waals surface area (Å²) in [5.41, 5.74) is 3.82. The molecule has 2 N–H and O–H groups in total. The van der Waals surface area contributed by atoms with Gasteiger partial charge >= 0.3 is 0 Å². The number of amides is 1. The Hall–Kier alpha value is -2.63. The van der Waals surface area contributed by atoms with Crippen molar-refractivity contribution in [3.8, 4) is 0 Å². The van der Waals surface area contributed by atoms with Crippen LogP contribution in [-0.2, 0) is 6.54 Å². The van der Waals surface area contributed by atoms with Crippen LogP contribution in [0, 0.1) is 27.7 Å². The first-order valence-corrected chi connectivity index (χ1v) is 8.21. The van der Waals surface area contributed by atoms with Crippen LogP contribution in [0.4, 0.5) is 0 Å². The van der Waals surface area contributed by atoms with Crippen molar-refractivity contribution in [2.24, 2.45) is 0 Å². The van der Waals surface area contributed by atoms with E-state index in [2.05, 4.69) is 33.4 Å². The van der Waals surface area contributed by atoms with Crippen LogP contribution in [0.1, 0.15) is 39.7 Å². The number of aromatic amines is 1. The Labute approximate surface area is 141 Å². The van der Waals surface area contributed by atoms with Crippen molar-refractivity contribution < 1.29 is 4.79 Å². The second-order valence-electron chi connectivity index (χ2n) is 6.21. The van der Waals surface area contributed by atoms with E-state index in [1.807, 2.05) is 37.6 Å². The van der Waals surface area contributed by atoms with Gasteiger partial charge in [0.05, 0.1) is 0 Å². The number of fused-ring (bicyclic) bond motifs is 1. The molecule has 0 aliphatic rings. The lowest BCUT2D eigenvalue weighted by Gasteiger charge is -2.06. The molecule has 2 heterocycles. The van der Waals surface area contributed by atoms with Crippen LogP contribution in [0.25, 0.3) is 10.9 Å². The normalized spacial score (nSPS) is 11.2. The van der Waals surface area contributed by atoms with E-state index < -0.39 is 0 Å². The van der Waals surface area contributed by atoms with Crippen LogP contribution in [0.3, 0.4) is 0 Å². The van der Waals surface area contributed by atoms with Crippen LogP contribution in [0.15, 0.2) is 18.2 Å². The highest BCUT2D eigenvalue weighted by Gasteiger charge is 2.14. The number of nitrogens with zero attached hydrogens (tertiary/aromatic N) is 3. The quantitative estimate of drug-likeness (QED) is 0.708. The molecule has 0 atom stereocenters. The molecular formula is C18H23N5O. The third kappa shape index (κ3) is 3.18. The molecule has 2 aromatic heterocycles. The molecule has 0 saturated carbocycles. The molecule has 0 bridgehead atoms. The highest BCUT2D eigenvalue weighted by molar-refractivity contribution is 6.00.